The van der Waals surface area contributed by atoms with E-state index in [0.717, 1.165) is 11.4 Å². The zero-order valence-electron chi connectivity index (χ0n) is 14.9. The Kier molecular flexibility index (Phi) is 5.41. The molecular weight excluding hydrogens is 434 g/mol. The molecule has 0 saturated heterocycles. The molecule has 0 bridgehead atoms. The quantitative estimate of drug-likeness (QED) is 0.474. The smallest absolute Gasteiger partial charge is 0.266 e. The zero-order valence-corrected chi connectivity index (χ0v) is 17.3. The van der Waals surface area contributed by atoms with Crippen molar-refractivity contribution in [2.45, 2.75) is 31.7 Å². The number of amides is 1. The summed E-state index contributed by atoms with van der Waals surface area (Å²) in [5.41, 5.74) is 7.71. The molecule has 2 heterocycles. The fourth-order valence-electron chi connectivity index (χ4n) is 3.00. The first kappa shape index (κ1) is 19.6. The highest BCUT2D eigenvalue weighted by molar-refractivity contribution is 9.10. The van der Waals surface area contributed by atoms with Crippen molar-refractivity contribution in [1.29, 1.82) is 0 Å². The molecule has 0 atom stereocenters. The molecule has 0 spiro atoms. The number of aromatic nitrogens is 3. The number of aryl methyl sites for hydroxylation is 3. The van der Waals surface area contributed by atoms with Crippen LogP contribution < -0.4 is 10.5 Å². The largest absolute Gasteiger partial charge is 0.364 e. The highest BCUT2D eigenvalue weighted by Crippen LogP contribution is 2.29. The normalized spacial score (nSPS) is 12.0. The van der Waals surface area contributed by atoms with Crippen LogP contribution in [0.5, 0.6) is 0 Å². The van der Waals surface area contributed by atoms with E-state index in [4.69, 9.17) is 5.73 Å². The number of rotatable bonds is 7. The zero-order chi connectivity index (χ0) is 19.8. The highest BCUT2D eigenvalue weighted by Gasteiger charge is 2.26. The second-order valence-corrected chi connectivity index (χ2v) is 8.90. The maximum atomic E-state index is 12.8. The fraction of sp³-hybridized carbons (Fsp3) is 0.294. The van der Waals surface area contributed by atoms with Gasteiger partial charge in [-0.25, -0.2) is 13.1 Å². The van der Waals surface area contributed by atoms with E-state index in [2.05, 4.69) is 30.7 Å². The van der Waals surface area contributed by atoms with Crippen LogP contribution in [0.3, 0.4) is 0 Å². The molecule has 0 aliphatic carbocycles. The molecule has 144 valence electrons. The van der Waals surface area contributed by atoms with Crippen LogP contribution in [-0.4, -0.2) is 35.6 Å². The molecule has 0 radical (unpaired) electrons. The number of fused-ring (bicyclic) bond motifs is 1. The van der Waals surface area contributed by atoms with E-state index < -0.39 is 15.9 Å². The van der Waals surface area contributed by atoms with Crippen molar-refractivity contribution in [3.8, 4) is 0 Å². The van der Waals surface area contributed by atoms with Gasteiger partial charge in [0.1, 0.15) is 10.6 Å². The molecule has 1 amide bonds. The van der Waals surface area contributed by atoms with Crippen LogP contribution in [0.1, 0.15) is 28.3 Å². The van der Waals surface area contributed by atoms with E-state index in [-0.39, 0.29) is 17.1 Å². The predicted octanol–water partition coefficient (Wildman–Crippen LogP) is 2.21. The van der Waals surface area contributed by atoms with Crippen LogP contribution in [0, 0.1) is 13.8 Å². The third-order valence-electron chi connectivity index (χ3n) is 4.17. The van der Waals surface area contributed by atoms with Crippen molar-refractivity contribution in [2.75, 3.05) is 6.54 Å². The second-order valence-electron chi connectivity index (χ2n) is 6.28. The first-order valence-electron chi connectivity index (χ1n) is 8.31. The van der Waals surface area contributed by atoms with Gasteiger partial charge >= 0.3 is 0 Å². The maximum Gasteiger partial charge on any atom is 0.266 e. The number of carbonyl (C=O) groups is 1. The lowest BCUT2D eigenvalue weighted by molar-refractivity contribution is 0.0993. The summed E-state index contributed by atoms with van der Waals surface area (Å²) in [7, 11) is -3.93. The standard InChI is InChI=1S/C17H20BrN5O3S/c1-10-8-11(2)23(22-10)7-3-6-20-27(25,26)16-13-9-12(18)4-5-14(13)21-15(16)17(19)24/h4-5,8-9,20-21H,3,6-7H2,1-2H3,(H2,19,24). The number of aromatic amines is 1. The van der Waals surface area contributed by atoms with Gasteiger partial charge in [0, 0.05) is 34.2 Å². The van der Waals surface area contributed by atoms with Gasteiger partial charge in [0.25, 0.3) is 5.91 Å². The predicted molar refractivity (Wildman–Crippen MR) is 106 cm³/mol. The number of nitrogens with two attached hydrogens (primary N) is 1. The number of benzene rings is 1. The number of carbonyl (C=O) groups excluding carboxylic acids is 1. The van der Waals surface area contributed by atoms with Crippen molar-refractivity contribution < 1.29 is 13.2 Å². The highest BCUT2D eigenvalue weighted by atomic mass is 79.9. The molecule has 0 saturated carbocycles. The van der Waals surface area contributed by atoms with Gasteiger partial charge in [-0.1, -0.05) is 15.9 Å². The number of nitrogens with zero attached hydrogens (tertiary/aromatic N) is 2. The van der Waals surface area contributed by atoms with Gasteiger partial charge in [0.2, 0.25) is 10.0 Å². The Labute approximate surface area is 165 Å². The van der Waals surface area contributed by atoms with Crippen LogP contribution in [-0.2, 0) is 16.6 Å². The number of hydrogen-bond donors (Lipinski definition) is 3. The number of halogens is 1. The SMILES string of the molecule is Cc1cc(C)n(CCCNS(=O)(=O)c2c(C(N)=O)[nH]c3ccc(Br)cc23)n1. The summed E-state index contributed by atoms with van der Waals surface area (Å²) in [6.45, 7) is 4.66. The Morgan fingerprint density at radius 1 is 1.33 bits per heavy atom. The molecule has 1 aromatic carbocycles. The third-order valence-corrected chi connectivity index (χ3v) is 6.21. The molecule has 0 unspecified atom stereocenters. The van der Waals surface area contributed by atoms with Crippen molar-refractivity contribution in [3.05, 3.63) is 45.8 Å². The van der Waals surface area contributed by atoms with Gasteiger partial charge in [0.15, 0.2) is 0 Å². The minimum Gasteiger partial charge on any atom is -0.364 e. The number of H-pyrrole nitrogens is 1. The van der Waals surface area contributed by atoms with Gasteiger partial charge in [-0.3, -0.25) is 9.48 Å². The molecule has 3 rings (SSSR count). The number of nitrogens with one attached hydrogen (secondary N) is 2. The topological polar surface area (TPSA) is 123 Å². The molecule has 10 heteroatoms. The van der Waals surface area contributed by atoms with E-state index in [1.54, 1.807) is 18.2 Å². The van der Waals surface area contributed by atoms with E-state index in [9.17, 15) is 13.2 Å². The Balaban J connectivity index is 1.82. The van der Waals surface area contributed by atoms with Crippen LogP contribution in [0.4, 0.5) is 0 Å². The minimum atomic E-state index is -3.93. The van der Waals surface area contributed by atoms with E-state index >= 15 is 0 Å². The average molecular weight is 454 g/mol. The van der Waals surface area contributed by atoms with Gasteiger partial charge in [-0.05, 0) is 44.5 Å². The van der Waals surface area contributed by atoms with Crippen LogP contribution in [0.2, 0.25) is 0 Å². The summed E-state index contributed by atoms with van der Waals surface area (Å²) in [5, 5.41) is 4.76. The van der Waals surface area contributed by atoms with E-state index in [0.29, 0.717) is 28.3 Å². The van der Waals surface area contributed by atoms with Gasteiger partial charge in [-0.15, -0.1) is 0 Å². The number of primary amides is 1. The molecule has 0 aliphatic heterocycles. The second kappa shape index (κ2) is 7.45. The Hall–Kier alpha value is -2.17. The molecular formula is C17H20BrN5O3S. The van der Waals surface area contributed by atoms with Gasteiger partial charge in [-0.2, -0.15) is 5.10 Å². The molecule has 4 N–H and O–H groups in total. The van der Waals surface area contributed by atoms with Crippen LogP contribution >= 0.6 is 15.9 Å². The molecule has 2 aromatic heterocycles. The van der Waals surface area contributed by atoms with Crippen molar-refractivity contribution in [1.82, 2.24) is 19.5 Å². The first-order chi connectivity index (χ1) is 12.7. The number of sulfonamides is 1. The summed E-state index contributed by atoms with van der Waals surface area (Å²) < 4.78 is 30.8. The summed E-state index contributed by atoms with van der Waals surface area (Å²) in [4.78, 5) is 14.4. The molecule has 0 fully saturated rings. The molecule has 3 aromatic rings. The monoisotopic (exact) mass is 453 g/mol. The Morgan fingerprint density at radius 3 is 2.70 bits per heavy atom. The van der Waals surface area contributed by atoms with Gasteiger partial charge < -0.3 is 10.7 Å². The van der Waals surface area contributed by atoms with Crippen molar-refractivity contribution >= 4 is 42.8 Å². The Morgan fingerprint density at radius 2 is 2.07 bits per heavy atom. The fourth-order valence-corrected chi connectivity index (χ4v) is 4.80. The average Bonchev–Trinajstić information content (AvgIpc) is 3.11. The summed E-state index contributed by atoms with van der Waals surface area (Å²) >= 11 is 3.32. The summed E-state index contributed by atoms with van der Waals surface area (Å²) in [6, 6.07) is 7.05. The summed E-state index contributed by atoms with van der Waals surface area (Å²) in [5.74, 6) is -0.828. The number of hydrogen-bond acceptors (Lipinski definition) is 4. The van der Waals surface area contributed by atoms with Crippen LogP contribution in [0.25, 0.3) is 10.9 Å². The van der Waals surface area contributed by atoms with Crippen molar-refractivity contribution in [3.63, 3.8) is 0 Å². The third kappa shape index (κ3) is 4.07. The lowest BCUT2D eigenvalue weighted by Crippen LogP contribution is -2.28. The lowest BCUT2D eigenvalue weighted by atomic mass is 10.2. The minimum absolute atomic E-state index is 0.127. The van der Waals surface area contributed by atoms with Crippen LogP contribution in [0.15, 0.2) is 33.6 Å². The lowest BCUT2D eigenvalue weighted by Gasteiger charge is -2.08. The van der Waals surface area contributed by atoms with Crippen molar-refractivity contribution in [2.24, 2.45) is 5.73 Å². The Bertz CT molecular complexity index is 1120. The van der Waals surface area contributed by atoms with E-state index in [1.165, 1.54) is 0 Å². The molecule has 27 heavy (non-hydrogen) atoms. The summed E-state index contributed by atoms with van der Waals surface area (Å²) in [6.07, 6.45) is 0.555. The molecule has 8 nitrogen and oxygen atoms in total. The maximum absolute atomic E-state index is 12.8. The van der Waals surface area contributed by atoms with Gasteiger partial charge in [0.05, 0.1) is 5.69 Å². The molecule has 0 aliphatic rings. The van der Waals surface area contributed by atoms with E-state index in [1.807, 2.05) is 24.6 Å². The first-order valence-corrected chi connectivity index (χ1v) is 10.6.